The van der Waals surface area contributed by atoms with Crippen molar-refractivity contribution in [1.29, 1.82) is 0 Å². The zero-order valence-electron chi connectivity index (χ0n) is 35.2. The first-order chi connectivity index (χ1) is 29.8. The topological polar surface area (TPSA) is 245 Å². The summed E-state index contributed by atoms with van der Waals surface area (Å²) in [5.74, 6) is -3.90. The first-order valence-corrected chi connectivity index (χ1v) is 20.6. The maximum absolute atomic E-state index is 14.3. The number of nitrogens with zero attached hydrogens (tertiary/aromatic N) is 1. The minimum Gasteiger partial charge on any atom is -0.492 e. The lowest BCUT2D eigenvalue weighted by molar-refractivity contribution is -0.140. The van der Waals surface area contributed by atoms with E-state index < -0.39 is 66.7 Å². The number of aliphatic carboxylic acids is 1. The molecule has 1 aliphatic heterocycles. The van der Waals surface area contributed by atoms with Crippen molar-refractivity contribution in [1.82, 2.24) is 26.2 Å². The van der Waals surface area contributed by atoms with Gasteiger partial charge in [-0.3, -0.25) is 28.8 Å². The van der Waals surface area contributed by atoms with Crippen molar-refractivity contribution in [2.24, 2.45) is 11.5 Å². The van der Waals surface area contributed by atoms with Crippen molar-refractivity contribution in [3.63, 3.8) is 0 Å². The van der Waals surface area contributed by atoms with E-state index in [4.69, 9.17) is 20.9 Å². The van der Waals surface area contributed by atoms with Crippen LogP contribution in [-0.4, -0.2) is 104 Å². The summed E-state index contributed by atoms with van der Waals surface area (Å²) in [7, 11) is 1.41. The number of carbonyl (C=O) groups excluding carboxylic acids is 5. The van der Waals surface area contributed by atoms with Gasteiger partial charge in [0.15, 0.2) is 0 Å². The number of fused-ring (bicyclic) bond motifs is 5. The van der Waals surface area contributed by atoms with E-state index in [9.17, 15) is 33.9 Å². The van der Waals surface area contributed by atoms with Crippen LogP contribution in [0.3, 0.4) is 0 Å². The summed E-state index contributed by atoms with van der Waals surface area (Å²) < 4.78 is 12.1. The first kappa shape index (κ1) is 46.3. The third kappa shape index (κ3) is 12.2. The van der Waals surface area contributed by atoms with E-state index in [-0.39, 0.29) is 32.7 Å². The molecule has 3 atom stereocenters. The van der Waals surface area contributed by atoms with Gasteiger partial charge in [0.05, 0.1) is 6.54 Å². The summed E-state index contributed by atoms with van der Waals surface area (Å²) in [6.07, 6.45) is 3.19. The number of ether oxygens (including phenoxy) is 2. The average molecular weight is 850 g/mol. The molecule has 62 heavy (non-hydrogen) atoms. The lowest BCUT2D eigenvalue weighted by atomic mass is 9.93. The molecule has 0 saturated carbocycles. The number of benzene rings is 4. The summed E-state index contributed by atoms with van der Waals surface area (Å²) in [6.45, 7) is 3.08. The first-order valence-electron chi connectivity index (χ1n) is 20.6. The van der Waals surface area contributed by atoms with Gasteiger partial charge < -0.3 is 52.2 Å². The van der Waals surface area contributed by atoms with E-state index >= 15 is 0 Å². The molecule has 1 aliphatic rings. The number of rotatable bonds is 17. The Hall–Kier alpha value is -6.78. The standard InChI is InChI=1S/C46H55N7O9/c1-4-5-6-29-7-10-31(11-8-29)32-12-14-33(15-13-32)44(58)49-26-40(54)53(3)42-34-16-18-39(62-22-20-48)36(25-34)35-23-30(9-17-38(35)61-21-19-47)24-37(45(59)50-27-41(55)56)52-43(57)28(2)51-46(42)60/h7-18,23,25,28,37,42H,4-6,19-22,24,26-27,47-48H2,1-3H3,(H,49,58)(H,50,59)(H,51,60)(H,52,57)(H,55,56)/t28-,37?,42?/m0/s1. The van der Waals surface area contributed by atoms with Gasteiger partial charge in [0, 0.05) is 43.2 Å². The number of amides is 5. The SMILES string of the molecule is CCCCc1ccc(-c2ccc(C(=O)NCC(=O)N(C)C3C(=O)N[C@@H](C)C(=O)NC(C(=O)NCC(=O)O)Cc4ccc(OCCN)c(c4)-c4cc3ccc4OCCN)cc2)cc1. The highest BCUT2D eigenvalue weighted by Crippen LogP contribution is 2.40. The number of carboxylic acids is 1. The second-order valence-electron chi connectivity index (χ2n) is 14.9. The highest BCUT2D eigenvalue weighted by molar-refractivity contribution is 5.98. The lowest BCUT2D eigenvalue weighted by Crippen LogP contribution is -2.55. The maximum atomic E-state index is 14.3. The number of hydrogen-bond acceptors (Lipinski definition) is 10. The molecular weight excluding hydrogens is 795 g/mol. The Morgan fingerprint density at radius 1 is 0.790 bits per heavy atom. The predicted molar refractivity (Wildman–Crippen MR) is 233 cm³/mol. The summed E-state index contributed by atoms with van der Waals surface area (Å²) >= 11 is 0. The molecule has 4 aromatic carbocycles. The minimum absolute atomic E-state index is 0.0661. The highest BCUT2D eigenvalue weighted by atomic mass is 16.5. The maximum Gasteiger partial charge on any atom is 0.322 e. The zero-order chi connectivity index (χ0) is 44.8. The van der Waals surface area contributed by atoms with Crippen LogP contribution in [0.1, 0.15) is 59.8 Å². The van der Waals surface area contributed by atoms with Gasteiger partial charge in [-0.05, 0) is 84.0 Å². The molecule has 4 aromatic rings. The van der Waals surface area contributed by atoms with Crippen molar-refractivity contribution >= 4 is 35.5 Å². The molecule has 0 saturated heterocycles. The van der Waals surface area contributed by atoms with Crippen molar-refractivity contribution in [2.75, 3.05) is 46.4 Å². The summed E-state index contributed by atoms with van der Waals surface area (Å²) in [4.78, 5) is 80.8. The van der Waals surface area contributed by atoms with Crippen LogP contribution in [0, 0.1) is 0 Å². The largest absolute Gasteiger partial charge is 0.492 e. The van der Waals surface area contributed by atoms with Gasteiger partial charge >= 0.3 is 5.97 Å². The molecule has 1 heterocycles. The Kier molecular flexibility index (Phi) is 16.6. The summed E-state index contributed by atoms with van der Waals surface area (Å²) in [6, 6.07) is 21.6. The van der Waals surface area contributed by atoms with Gasteiger partial charge in [0.1, 0.15) is 49.4 Å². The fourth-order valence-corrected chi connectivity index (χ4v) is 6.95. The number of nitrogens with two attached hydrogens (primary N) is 2. The van der Waals surface area contributed by atoms with Gasteiger partial charge in [-0.25, -0.2) is 0 Å². The molecule has 0 spiro atoms. The van der Waals surface area contributed by atoms with Gasteiger partial charge in [-0.2, -0.15) is 0 Å². The van der Waals surface area contributed by atoms with Gasteiger partial charge in [-0.1, -0.05) is 61.9 Å². The monoisotopic (exact) mass is 849 g/mol. The summed E-state index contributed by atoms with van der Waals surface area (Å²) in [5.41, 5.74) is 16.9. The van der Waals surface area contributed by atoms with E-state index in [0.717, 1.165) is 30.4 Å². The van der Waals surface area contributed by atoms with Crippen LogP contribution >= 0.6 is 0 Å². The Bertz CT molecular complexity index is 2230. The van der Waals surface area contributed by atoms with Crippen LogP contribution in [0.5, 0.6) is 11.5 Å². The van der Waals surface area contributed by atoms with Crippen LogP contribution in [0.4, 0.5) is 0 Å². The molecule has 5 rings (SSSR count). The molecular formula is C46H55N7O9. The highest BCUT2D eigenvalue weighted by Gasteiger charge is 2.33. The van der Waals surface area contributed by atoms with Crippen LogP contribution in [0.25, 0.3) is 22.3 Å². The second-order valence-corrected chi connectivity index (χ2v) is 14.9. The molecule has 16 heteroatoms. The van der Waals surface area contributed by atoms with Gasteiger partial charge in [0.25, 0.3) is 5.91 Å². The molecule has 2 unspecified atom stereocenters. The Morgan fingerprint density at radius 2 is 1.40 bits per heavy atom. The number of likely N-dealkylation sites (N-methyl/N-ethyl adjacent to an activating group) is 1. The zero-order valence-corrected chi connectivity index (χ0v) is 35.2. The normalized spacial score (nSPS) is 16.2. The second kappa shape index (κ2) is 22.2. The average Bonchev–Trinajstić information content (AvgIpc) is 3.27. The quantitative estimate of drug-likeness (QED) is 0.0815. The van der Waals surface area contributed by atoms with Gasteiger partial charge in [-0.15, -0.1) is 0 Å². The fourth-order valence-electron chi connectivity index (χ4n) is 6.95. The number of carbonyl (C=O) groups is 6. The van der Waals surface area contributed by atoms with E-state index in [1.54, 1.807) is 48.5 Å². The van der Waals surface area contributed by atoms with Crippen molar-refractivity contribution in [2.45, 2.75) is 57.7 Å². The molecule has 16 nitrogen and oxygen atoms in total. The third-order valence-electron chi connectivity index (χ3n) is 10.3. The van der Waals surface area contributed by atoms with Crippen molar-refractivity contribution in [3.8, 4) is 33.8 Å². The molecule has 0 fully saturated rings. The van der Waals surface area contributed by atoms with Gasteiger partial charge in [0.2, 0.25) is 23.6 Å². The fraction of sp³-hybridized carbons (Fsp3) is 0.348. The number of hydrogen-bond donors (Lipinski definition) is 7. The van der Waals surface area contributed by atoms with E-state index in [1.165, 1.54) is 24.4 Å². The number of carboxylic acid groups (broad SMARTS) is 1. The molecule has 9 N–H and O–H groups in total. The molecule has 5 amide bonds. The third-order valence-corrected chi connectivity index (χ3v) is 10.3. The molecule has 0 aromatic heterocycles. The van der Waals surface area contributed by atoms with Crippen LogP contribution < -0.4 is 42.2 Å². The number of unbranched alkanes of at least 4 members (excludes halogenated alkanes) is 1. The van der Waals surface area contributed by atoms with Crippen LogP contribution in [0.15, 0.2) is 84.9 Å². The molecule has 0 radical (unpaired) electrons. The molecule has 0 aliphatic carbocycles. The summed E-state index contributed by atoms with van der Waals surface area (Å²) in [5, 5.41) is 19.5. The lowest BCUT2D eigenvalue weighted by Gasteiger charge is -2.30. The smallest absolute Gasteiger partial charge is 0.322 e. The van der Waals surface area contributed by atoms with E-state index in [1.807, 2.05) is 12.1 Å². The van der Waals surface area contributed by atoms with Crippen LogP contribution in [0.2, 0.25) is 0 Å². The Labute approximate surface area is 360 Å². The molecule has 4 bridgehead atoms. The van der Waals surface area contributed by atoms with Crippen LogP contribution in [-0.2, 0) is 36.8 Å². The van der Waals surface area contributed by atoms with Crippen molar-refractivity contribution < 1.29 is 43.3 Å². The minimum atomic E-state index is -1.35. The Balaban J connectivity index is 1.46. The number of nitrogens with one attached hydrogen (secondary N) is 4. The number of aryl methyl sites for hydroxylation is 1. The molecule has 328 valence electrons. The van der Waals surface area contributed by atoms with E-state index in [2.05, 4.69) is 52.5 Å². The predicted octanol–water partition coefficient (Wildman–Crippen LogP) is 2.71. The van der Waals surface area contributed by atoms with E-state index in [0.29, 0.717) is 39.3 Å². The van der Waals surface area contributed by atoms with Crippen molar-refractivity contribution in [3.05, 3.63) is 107 Å². The Morgan fingerprint density at radius 3 is 2.02 bits per heavy atom.